The largest absolute Gasteiger partial charge is 0.490 e. The third-order valence-electron chi connectivity index (χ3n) is 5.18. The zero-order chi connectivity index (χ0) is 24.0. The van der Waals surface area contributed by atoms with Crippen LogP contribution in [0.25, 0.3) is 0 Å². The molecule has 2 aliphatic heterocycles. The minimum absolute atomic E-state index is 0.0576. The number of nitrogens with one attached hydrogen (secondary N) is 2. The quantitative estimate of drug-likeness (QED) is 0.399. The van der Waals surface area contributed by atoms with Gasteiger partial charge in [-0.1, -0.05) is 15.9 Å². The van der Waals surface area contributed by atoms with Crippen LogP contribution in [0, 0.1) is 0 Å². The van der Waals surface area contributed by atoms with Gasteiger partial charge in [0, 0.05) is 24.2 Å². The van der Waals surface area contributed by atoms with Crippen molar-refractivity contribution in [2.75, 3.05) is 26.3 Å². The van der Waals surface area contributed by atoms with Crippen LogP contribution in [0.2, 0.25) is 0 Å². The normalized spacial score (nSPS) is 20.4. The molecule has 2 atom stereocenters. The molecule has 2 amide bonds. The molecular weight excluding hydrogens is 514 g/mol. The Kier molecular flexibility index (Phi) is 9.04. The number of amides is 2. The first kappa shape index (κ1) is 25.4. The highest BCUT2D eigenvalue weighted by atomic mass is 79.9. The second kappa shape index (κ2) is 11.8. The predicted octanol–water partition coefficient (Wildman–Crippen LogP) is 2.16. The fraction of sp³-hybridized carbons (Fsp3) is 0.545. The lowest BCUT2D eigenvalue weighted by atomic mass is 10.1. The Morgan fingerprint density at radius 2 is 2.18 bits per heavy atom. The fourth-order valence-corrected chi connectivity index (χ4v) is 4.28. The maximum atomic E-state index is 13.0. The summed E-state index contributed by atoms with van der Waals surface area (Å²) in [5, 5.41) is 5.46. The van der Waals surface area contributed by atoms with E-state index in [2.05, 4.69) is 26.6 Å². The van der Waals surface area contributed by atoms with E-state index >= 15 is 0 Å². The van der Waals surface area contributed by atoms with Crippen LogP contribution in [-0.2, 0) is 19.1 Å². The number of piperazine rings is 1. The summed E-state index contributed by atoms with van der Waals surface area (Å²) in [6.07, 6.45) is 1.38. The molecule has 2 fully saturated rings. The average Bonchev–Trinajstić information content (AvgIpc) is 3.28. The van der Waals surface area contributed by atoms with Crippen molar-refractivity contribution in [1.29, 1.82) is 0 Å². The van der Waals surface area contributed by atoms with Crippen LogP contribution in [0.1, 0.15) is 43.5 Å². The molecule has 33 heavy (non-hydrogen) atoms. The van der Waals surface area contributed by atoms with Crippen molar-refractivity contribution >= 4 is 51.0 Å². The maximum absolute atomic E-state index is 13.0. The first-order valence-corrected chi connectivity index (χ1v) is 12.1. The summed E-state index contributed by atoms with van der Waals surface area (Å²) in [5.41, 5.74) is 0.300. The monoisotopic (exact) mass is 541 g/mol. The lowest BCUT2D eigenvalue weighted by Gasteiger charge is -2.36. The van der Waals surface area contributed by atoms with Gasteiger partial charge >= 0.3 is 5.97 Å². The zero-order valence-electron chi connectivity index (χ0n) is 18.6. The summed E-state index contributed by atoms with van der Waals surface area (Å²) >= 11 is 8.80. The standard InChI is InChI=1S/C22H28BrN3O6S/c1-13(2)32-18-6-5-14(23)10-16(18)20(28)25-22(33)26-8-7-24-21(29)17(26)11-19(27)31-12-15-4-3-9-30-15/h5-6,10,13,15,17H,3-4,7-9,11-12H2,1-2H3,(H,24,29)(H,25,28,33). The molecule has 0 saturated carbocycles. The van der Waals surface area contributed by atoms with Crippen LogP contribution in [0.4, 0.5) is 0 Å². The lowest BCUT2D eigenvalue weighted by Crippen LogP contribution is -2.60. The molecule has 1 aromatic rings. The molecule has 2 saturated heterocycles. The summed E-state index contributed by atoms with van der Waals surface area (Å²) in [7, 11) is 0. The SMILES string of the molecule is CC(C)Oc1ccc(Br)cc1C(=O)NC(=S)N1CCNC(=O)C1CC(=O)OCC1CCCO1. The molecule has 11 heteroatoms. The zero-order valence-corrected chi connectivity index (χ0v) is 21.0. The van der Waals surface area contributed by atoms with Crippen molar-refractivity contribution in [3.05, 3.63) is 28.2 Å². The van der Waals surface area contributed by atoms with Gasteiger partial charge < -0.3 is 24.4 Å². The Balaban J connectivity index is 1.65. The van der Waals surface area contributed by atoms with Crippen LogP contribution >= 0.6 is 28.1 Å². The molecule has 0 aromatic heterocycles. The first-order valence-electron chi connectivity index (χ1n) is 10.9. The smallest absolute Gasteiger partial charge is 0.308 e. The Labute approximate surface area is 206 Å². The Bertz CT molecular complexity index is 906. The molecule has 2 heterocycles. The molecular formula is C22H28BrN3O6S. The number of ether oxygens (including phenoxy) is 3. The van der Waals surface area contributed by atoms with Gasteiger partial charge in [0.2, 0.25) is 5.91 Å². The van der Waals surface area contributed by atoms with Gasteiger partial charge in [0.05, 0.1) is 24.2 Å². The number of nitrogens with zero attached hydrogens (tertiary/aromatic N) is 1. The molecule has 0 bridgehead atoms. The van der Waals surface area contributed by atoms with Gasteiger partial charge in [0.15, 0.2) is 5.11 Å². The van der Waals surface area contributed by atoms with Gasteiger partial charge in [-0.3, -0.25) is 19.7 Å². The number of thiocarbonyl (C=S) groups is 1. The van der Waals surface area contributed by atoms with E-state index in [9.17, 15) is 14.4 Å². The molecule has 2 unspecified atom stereocenters. The average molecular weight is 542 g/mol. The molecule has 0 spiro atoms. The van der Waals surface area contributed by atoms with Gasteiger partial charge in [-0.05, 0) is 57.1 Å². The molecule has 0 radical (unpaired) electrons. The summed E-state index contributed by atoms with van der Waals surface area (Å²) in [6, 6.07) is 4.24. The summed E-state index contributed by atoms with van der Waals surface area (Å²) in [5.74, 6) is -0.925. The van der Waals surface area contributed by atoms with Crippen LogP contribution < -0.4 is 15.4 Å². The summed E-state index contributed by atoms with van der Waals surface area (Å²) in [4.78, 5) is 39.4. The highest BCUT2D eigenvalue weighted by molar-refractivity contribution is 9.10. The van der Waals surface area contributed by atoms with Crippen molar-refractivity contribution in [3.63, 3.8) is 0 Å². The highest BCUT2D eigenvalue weighted by Gasteiger charge is 2.34. The molecule has 1 aromatic carbocycles. The van der Waals surface area contributed by atoms with E-state index < -0.39 is 17.9 Å². The third-order valence-corrected chi connectivity index (χ3v) is 6.01. The minimum Gasteiger partial charge on any atom is -0.490 e. The Morgan fingerprint density at radius 1 is 1.39 bits per heavy atom. The maximum Gasteiger partial charge on any atom is 0.308 e. The summed E-state index contributed by atoms with van der Waals surface area (Å²) < 4.78 is 17.2. The number of esters is 1. The van der Waals surface area contributed by atoms with Crippen molar-refractivity contribution in [2.45, 2.75) is 51.4 Å². The van der Waals surface area contributed by atoms with Crippen LogP contribution in [0.3, 0.4) is 0 Å². The van der Waals surface area contributed by atoms with Crippen molar-refractivity contribution in [1.82, 2.24) is 15.5 Å². The van der Waals surface area contributed by atoms with E-state index in [1.54, 1.807) is 23.1 Å². The number of carbonyl (C=O) groups is 3. The van der Waals surface area contributed by atoms with Gasteiger partial charge in [-0.15, -0.1) is 0 Å². The highest BCUT2D eigenvalue weighted by Crippen LogP contribution is 2.24. The Hall–Kier alpha value is -2.24. The topological polar surface area (TPSA) is 106 Å². The Morgan fingerprint density at radius 3 is 2.88 bits per heavy atom. The molecule has 180 valence electrons. The second-order valence-electron chi connectivity index (χ2n) is 8.09. The van der Waals surface area contributed by atoms with Crippen LogP contribution in [-0.4, -0.2) is 72.3 Å². The van der Waals surface area contributed by atoms with Crippen molar-refractivity contribution in [3.8, 4) is 5.75 Å². The van der Waals surface area contributed by atoms with Crippen LogP contribution in [0.5, 0.6) is 5.75 Å². The number of carbonyl (C=O) groups excluding carboxylic acids is 3. The first-order chi connectivity index (χ1) is 15.7. The number of benzene rings is 1. The molecule has 3 rings (SSSR count). The molecule has 0 aliphatic carbocycles. The minimum atomic E-state index is -0.877. The number of rotatable bonds is 7. The van der Waals surface area contributed by atoms with Gasteiger partial charge in [-0.25, -0.2) is 0 Å². The van der Waals surface area contributed by atoms with Gasteiger partial charge in [0.25, 0.3) is 5.91 Å². The lowest BCUT2D eigenvalue weighted by molar-refractivity contribution is -0.150. The predicted molar refractivity (Wildman–Crippen MR) is 128 cm³/mol. The van der Waals surface area contributed by atoms with Crippen LogP contribution in [0.15, 0.2) is 22.7 Å². The van der Waals surface area contributed by atoms with Gasteiger partial charge in [0.1, 0.15) is 18.4 Å². The van der Waals surface area contributed by atoms with E-state index in [-0.39, 0.29) is 36.3 Å². The molecule has 2 N–H and O–H groups in total. The van der Waals surface area contributed by atoms with Crippen molar-refractivity contribution < 1.29 is 28.6 Å². The number of hydrogen-bond acceptors (Lipinski definition) is 7. The van der Waals surface area contributed by atoms with E-state index in [1.807, 2.05) is 13.8 Å². The third kappa shape index (κ3) is 7.12. The molecule has 2 aliphatic rings. The molecule has 9 nitrogen and oxygen atoms in total. The second-order valence-corrected chi connectivity index (χ2v) is 9.39. The number of halogens is 1. The van der Waals surface area contributed by atoms with E-state index in [4.69, 9.17) is 26.4 Å². The fourth-order valence-electron chi connectivity index (χ4n) is 3.61. The number of hydrogen-bond donors (Lipinski definition) is 2. The van der Waals surface area contributed by atoms with Crippen molar-refractivity contribution in [2.24, 2.45) is 0 Å². The van der Waals surface area contributed by atoms with E-state index in [0.717, 1.165) is 12.8 Å². The van der Waals surface area contributed by atoms with Gasteiger partial charge in [-0.2, -0.15) is 0 Å². The summed E-state index contributed by atoms with van der Waals surface area (Å²) in [6.45, 7) is 5.25. The van der Waals surface area contributed by atoms with E-state index in [0.29, 0.717) is 35.5 Å². The van der Waals surface area contributed by atoms with E-state index in [1.165, 1.54) is 0 Å².